The number of carboxylic acids is 1. The van der Waals surface area contributed by atoms with Gasteiger partial charge in [0, 0.05) is 23.8 Å². The van der Waals surface area contributed by atoms with Crippen LogP contribution in [0.1, 0.15) is 43.5 Å². The average Bonchev–Trinajstić information content (AvgIpc) is 3.47. The SMILES string of the molecule is CCOc1cc(C(Nc2ccc3c(N)nccc3c2)C(=O)N2CC[C@H](C(=O)O)[C@@H]2c2ccccc2S(=O)(=O)CC)ccc1Cl. The van der Waals surface area contributed by atoms with Gasteiger partial charge in [0.25, 0.3) is 0 Å². The molecule has 44 heavy (non-hydrogen) atoms. The van der Waals surface area contributed by atoms with E-state index >= 15 is 0 Å². The lowest BCUT2D eigenvalue weighted by Gasteiger charge is -2.32. The van der Waals surface area contributed by atoms with Crippen molar-refractivity contribution in [2.75, 3.05) is 30.0 Å². The third kappa shape index (κ3) is 6.02. The number of carboxylic acid groups (broad SMARTS) is 1. The van der Waals surface area contributed by atoms with Gasteiger partial charge < -0.3 is 25.8 Å². The van der Waals surface area contributed by atoms with Crippen LogP contribution in [0.25, 0.3) is 10.8 Å². The van der Waals surface area contributed by atoms with Crippen molar-refractivity contribution in [3.63, 3.8) is 0 Å². The molecule has 0 aliphatic carbocycles. The van der Waals surface area contributed by atoms with Crippen LogP contribution >= 0.6 is 11.6 Å². The van der Waals surface area contributed by atoms with Gasteiger partial charge in [-0.05, 0) is 72.3 Å². The molecule has 5 rings (SSSR count). The van der Waals surface area contributed by atoms with Crippen LogP contribution in [0.5, 0.6) is 5.75 Å². The summed E-state index contributed by atoms with van der Waals surface area (Å²) in [5.74, 6) is -1.94. The van der Waals surface area contributed by atoms with E-state index in [1.807, 2.05) is 19.1 Å². The number of ether oxygens (including phenoxy) is 1. The van der Waals surface area contributed by atoms with Crippen LogP contribution in [0.2, 0.25) is 5.02 Å². The summed E-state index contributed by atoms with van der Waals surface area (Å²) >= 11 is 6.38. The number of fused-ring (bicyclic) bond motifs is 1. The maximum Gasteiger partial charge on any atom is 0.309 e. The molecule has 230 valence electrons. The van der Waals surface area contributed by atoms with Crippen molar-refractivity contribution in [2.45, 2.75) is 37.2 Å². The predicted molar refractivity (Wildman–Crippen MR) is 170 cm³/mol. The standard InChI is InChI=1S/C32H33ClN4O6S/c1-3-43-26-18-20(9-12-25(26)33)28(36-21-10-11-22-19(17-21)13-15-35-30(22)34)31(38)37-16-14-24(32(39)40)29(37)23-7-5-6-8-27(23)44(41,42)4-2/h5-13,15,17-18,24,28-29,36H,3-4,14,16H2,1-2H3,(H2,34,35)(H,39,40)/t24-,28?,29-/m0/s1. The lowest BCUT2D eigenvalue weighted by Crippen LogP contribution is -2.39. The van der Waals surface area contributed by atoms with Gasteiger partial charge in [0.1, 0.15) is 17.6 Å². The number of anilines is 2. The Morgan fingerprint density at radius 2 is 1.91 bits per heavy atom. The number of carbonyl (C=O) groups is 2. The molecule has 1 saturated heterocycles. The van der Waals surface area contributed by atoms with Crippen LogP contribution in [0.4, 0.5) is 11.5 Å². The molecule has 1 amide bonds. The Morgan fingerprint density at radius 3 is 2.64 bits per heavy atom. The monoisotopic (exact) mass is 636 g/mol. The van der Waals surface area contributed by atoms with Crippen molar-refractivity contribution in [3.8, 4) is 5.75 Å². The third-order valence-electron chi connectivity index (χ3n) is 7.89. The van der Waals surface area contributed by atoms with Crippen LogP contribution in [0, 0.1) is 5.92 Å². The first-order chi connectivity index (χ1) is 21.1. The minimum Gasteiger partial charge on any atom is -0.492 e. The normalized spacial score (nSPS) is 17.4. The lowest BCUT2D eigenvalue weighted by molar-refractivity contribution is -0.143. The molecular weight excluding hydrogens is 604 g/mol. The van der Waals surface area contributed by atoms with Gasteiger partial charge in [-0.15, -0.1) is 0 Å². The van der Waals surface area contributed by atoms with E-state index in [0.717, 1.165) is 10.8 Å². The molecular formula is C32H33ClN4O6S. The average molecular weight is 637 g/mol. The highest BCUT2D eigenvalue weighted by Crippen LogP contribution is 2.42. The number of pyridine rings is 1. The first-order valence-corrected chi connectivity index (χ1v) is 16.3. The van der Waals surface area contributed by atoms with E-state index in [1.165, 1.54) is 17.9 Å². The van der Waals surface area contributed by atoms with E-state index in [1.54, 1.807) is 54.7 Å². The van der Waals surface area contributed by atoms with E-state index in [0.29, 0.717) is 34.4 Å². The Bertz CT molecular complexity index is 1830. The maximum absolute atomic E-state index is 14.6. The van der Waals surface area contributed by atoms with Crippen molar-refractivity contribution in [3.05, 3.63) is 89.1 Å². The summed E-state index contributed by atoms with van der Waals surface area (Å²) in [6.07, 6.45) is 1.76. The molecule has 0 saturated carbocycles. The Kier molecular flexibility index (Phi) is 8.98. The van der Waals surface area contributed by atoms with Gasteiger partial charge in [-0.2, -0.15) is 0 Å². The summed E-state index contributed by atoms with van der Waals surface area (Å²) in [5, 5.41) is 15.4. The summed E-state index contributed by atoms with van der Waals surface area (Å²) in [6.45, 7) is 3.82. The smallest absolute Gasteiger partial charge is 0.309 e. The molecule has 12 heteroatoms. The van der Waals surface area contributed by atoms with E-state index in [9.17, 15) is 23.1 Å². The Labute approximate surface area is 260 Å². The largest absolute Gasteiger partial charge is 0.492 e. The highest BCUT2D eigenvalue weighted by molar-refractivity contribution is 7.91. The number of likely N-dealkylation sites (tertiary alicyclic amines) is 1. The Morgan fingerprint density at radius 1 is 1.14 bits per heavy atom. The Hall–Kier alpha value is -4.35. The number of aromatic nitrogens is 1. The summed E-state index contributed by atoms with van der Waals surface area (Å²) < 4.78 is 31.9. The first-order valence-electron chi connectivity index (χ1n) is 14.2. The topological polar surface area (TPSA) is 152 Å². The van der Waals surface area contributed by atoms with Gasteiger partial charge in [0.15, 0.2) is 9.84 Å². The molecule has 0 radical (unpaired) electrons. The highest BCUT2D eigenvalue weighted by Gasteiger charge is 2.45. The molecule has 2 heterocycles. The molecule has 0 spiro atoms. The quantitative estimate of drug-likeness (QED) is 0.205. The van der Waals surface area contributed by atoms with Crippen molar-refractivity contribution < 1.29 is 27.9 Å². The zero-order chi connectivity index (χ0) is 31.6. The predicted octanol–water partition coefficient (Wildman–Crippen LogP) is 5.49. The number of nitrogen functional groups attached to an aromatic ring is 1. The molecule has 0 bridgehead atoms. The molecule has 4 aromatic rings. The van der Waals surface area contributed by atoms with Gasteiger partial charge >= 0.3 is 5.97 Å². The molecule has 1 aromatic heterocycles. The number of nitrogens with one attached hydrogen (secondary N) is 1. The summed E-state index contributed by atoms with van der Waals surface area (Å²) in [4.78, 5) is 32.7. The van der Waals surface area contributed by atoms with Crippen molar-refractivity contribution in [1.29, 1.82) is 0 Å². The summed E-state index contributed by atoms with van der Waals surface area (Å²) in [6, 6.07) is 16.6. The van der Waals surface area contributed by atoms with Gasteiger partial charge in [-0.3, -0.25) is 9.59 Å². The van der Waals surface area contributed by atoms with Gasteiger partial charge in [-0.1, -0.05) is 42.8 Å². The van der Waals surface area contributed by atoms with Gasteiger partial charge in [0.2, 0.25) is 5.91 Å². The second-order valence-electron chi connectivity index (χ2n) is 10.5. The number of sulfone groups is 1. The third-order valence-corrected chi connectivity index (χ3v) is 10.0. The number of carbonyl (C=O) groups excluding carboxylic acids is 1. The molecule has 1 unspecified atom stereocenters. The molecule has 3 atom stereocenters. The minimum absolute atomic E-state index is 0.0220. The molecule has 1 aliphatic heterocycles. The molecule has 1 aliphatic rings. The lowest BCUT2D eigenvalue weighted by atomic mass is 9.93. The first kappa shape index (κ1) is 31.1. The number of halogens is 1. The fraction of sp³-hybridized carbons (Fsp3) is 0.281. The second kappa shape index (κ2) is 12.7. The van der Waals surface area contributed by atoms with E-state index in [2.05, 4.69) is 10.3 Å². The van der Waals surface area contributed by atoms with E-state index in [4.69, 9.17) is 22.1 Å². The number of benzene rings is 3. The molecule has 1 fully saturated rings. The second-order valence-corrected chi connectivity index (χ2v) is 13.1. The molecule has 10 nitrogen and oxygen atoms in total. The van der Waals surface area contributed by atoms with Crippen LogP contribution in [-0.2, 0) is 19.4 Å². The van der Waals surface area contributed by atoms with Crippen LogP contribution < -0.4 is 15.8 Å². The molecule has 3 aromatic carbocycles. The van der Waals surface area contributed by atoms with Gasteiger partial charge in [-0.25, -0.2) is 13.4 Å². The minimum atomic E-state index is -3.72. The number of aliphatic carboxylic acids is 1. The van der Waals surface area contributed by atoms with Crippen LogP contribution in [0.15, 0.2) is 77.8 Å². The highest BCUT2D eigenvalue weighted by atomic mass is 35.5. The number of rotatable bonds is 10. The Balaban J connectivity index is 1.62. The maximum atomic E-state index is 14.6. The fourth-order valence-electron chi connectivity index (χ4n) is 5.72. The zero-order valence-corrected chi connectivity index (χ0v) is 25.8. The van der Waals surface area contributed by atoms with Crippen molar-refractivity contribution in [2.24, 2.45) is 5.92 Å². The van der Waals surface area contributed by atoms with Crippen molar-refractivity contribution >= 4 is 55.6 Å². The van der Waals surface area contributed by atoms with Crippen LogP contribution in [-0.4, -0.2) is 54.2 Å². The van der Waals surface area contributed by atoms with Crippen molar-refractivity contribution in [1.82, 2.24) is 9.88 Å². The number of hydrogen-bond donors (Lipinski definition) is 3. The zero-order valence-electron chi connectivity index (χ0n) is 24.2. The number of nitrogens with two attached hydrogens (primary N) is 1. The van der Waals surface area contributed by atoms with Crippen LogP contribution in [0.3, 0.4) is 0 Å². The van der Waals surface area contributed by atoms with E-state index < -0.39 is 39.7 Å². The fourth-order valence-corrected chi connectivity index (χ4v) is 7.04. The van der Waals surface area contributed by atoms with Gasteiger partial charge in [0.05, 0.1) is 34.2 Å². The number of amides is 1. The molecule has 4 N–H and O–H groups in total. The number of nitrogens with zero attached hydrogens (tertiary/aromatic N) is 2. The van der Waals surface area contributed by atoms with E-state index in [-0.39, 0.29) is 29.2 Å². The number of hydrogen-bond acceptors (Lipinski definition) is 8. The summed E-state index contributed by atoms with van der Waals surface area (Å²) in [7, 11) is -3.72. The summed E-state index contributed by atoms with van der Waals surface area (Å²) in [5.41, 5.74) is 7.46.